The molecule has 2 heterocycles. The first-order chi connectivity index (χ1) is 14.0. The molecule has 2 N–H and O–H groups in total. The maximum atomic E-state index is 12.2. The lowest BCUT2D eigenvalue weighted by Crippen LogP contribution is -2.21. The molecule has 148 valence electrons. The highest BCUT2D eigenvalue weighted by atomic mass is 35.5. The van der Waals surface area contributed by atoms with Gasteiger partial charge in [-0.25, -0.2) is 9.78 Å². The van der Waals surface area contributed by atoms with Crippen LogP contribution >= 0.6 is 11.6 Å². The molecule has 2 aromatic carbocycles. The third-order valence-corrected chi connectivity index (χ3v) is 4.70. The molecule has 0 fully saturated rings. The first kappa shape index (κ1) is 19.0. The topological polar surface area (TPSA) is 97.2 Å². The van der Waals surface area contributed by atoms with Gasteiger partial charge in [-0.2, -0.15) is 0 Å². The van der Waals surface area contributed by atoms with E-state index >= 15 is 0 Å². The van der Waals surface area contributed by atoms with Crippen LogP contribution in [0.5, 0.6) is 5.75 Å². The predicted molar refractivity (Wildman–Crippen MR) is 112 cm³/mol. The van der Waals surface area contributed by atoms with Crippen molar-refractivity contribution in [2.45, 2.75) is 19.8 Å². The molecular weight excluding hydrogens is 394 g/mol. The Kier molecular flexibility index (Phi) is 5.22. The summed E-state index contributed by atoms with van der Waals surface area (Å²) in [6.45, 7) is 1.75. The zero-order chi connectivity index (χ0) is 20.4. The predicted octanol–water partition coefficient (Wildman–Crippen LogP) is 4.29. The largest absolute Gasteiger partial charge is 0.482 e. The molecule has 0 aliphatic carbocycles. The molecule has 0 saturated carbocycles. The number of carbonyl (C=O) groups excluding carboxylic acids is 1. The number of nitrogens with one attached hydrogen (secondary N) is 2. The molecular formula is C21H18ClN3O4. The van der Waals surface area contributed by atoms with Crippen LogP contribution in [0.2, 0.25) is 5.02 Å². The lowest BCUT2D eigenvalue weighted by atomic mass is 10.1. The summed E-state index contributed by atoms with van der Waals surface area (Å²) >= 11 is 6.32. The maximum Gasteiger partial charge on any atom is 0.336 e. The average Bonchev–Trinajstić information content (AvgIpc) is 3.09. The summed E-state index contributed by atoms with van der Waals surface area (Å²) < 4.78 is 10.8. The normalized spacial score (nSPS) is 11.1. The number of aromatic nitrogens is 2. The second kappa shape index (κ2) is 7.97. The Hall–Kier alpha value is -3.32. The fourth-order valence-electron chi connectivity index (χ4n) is 3.14. The molecule has 4 aromatic rings. The summed E-state index contributed by atoms with van der Waals surface area (Å²) in [7, 11) is 0. The van der Waals surface area contributed by atoms with E-state index in [-0.39, 0.29) is 12.4 Å². The highest BCUT2D eigenvalue weighted by molar-refractivity contribution is 6.32. The average molecular weight is 412 g/mol. The number of benzene rings is 2. The number of hydrogen-bond donors (Lipinski definition) is 2. The van der Waals surface area contributed by atoms with Crippen molar-refractivity contribution in [3.05, 3.63) is 63.5 Å². The number of halogens is 1. The molecule has 0 unspecified atom stereocenters. The minimum absolute atomic E-state index is 0.260. The smallest absolute Gasteiger partial charge is 0.336 e. The van der Waals surface area contributed by atoms with Crippen LogP contribution in [0.3, 0.4) is 0 Å². The first-order valence-electron chi connectivity index (χ1n) is 9.17. The molecule has 0 aliphatic heterocycles. The molecule has 8 heteroatoms. The standard InChI is InChI=1S/C21H18ClN3O4/c1-2-5-12-8-20(27)29-17-10-18(14(22)9-13(12)17)28-11-19(26)25-21-23-15-6-3-4-7-16(15)24-21/h3-4,6-10H,2,5,11H2,1H3,(H2,23,24,25,26). The number of aryl methyl sites for hydroxylation is 1. The van der Waals surface area contributed by atoms with Crippen LogP contribution in [-0.4, -0.2) is 22.5 Å². The lowest BCUT2D eigenvalue weighted by molar-refractivity contribution is -0.118. The number of ether oxygens (including phenoxy) is 1. The van der Waals surface area contributed by atoms with E-state index in [0.717, 1.165) is 34.8 Å². The molecule has 0 aliphatic rings. The highest BCUT2D eigenvalue weighted by Crippen LogP contribution is 2.31. The summed E-state index contributed by atoms with van der Waals surface area (Å²) in [5.41, 5.74) is 2.38. The Balaban J connectivity index is 1.50. The monoisotopic (exact) mass is 411 g/mol. The van der Waals surface area contributed by atoms with Gasteiger partial charge in [0.2, 0.25) is 5.95 Å². The summed E-state index contributed by atoms with van der Waals surface area (Å²) in [4.78, 5) is 31.3. The highest BCUT2D eigenvalue weighted by Gasteiger charge is 2.13. The van der Waals surface area contributed by atoms with Gasteiger partial charge in [0, 0.05) is 17.5 Å². The summed E-state index contributed by atoms with van der Waals surface area (Å²) in [6, 6.07) is 12.1. The number of amides is 1. The van der Waals surface area contributed by atoms with E-state index < -0.39 is 11.5 Å². The fourth-order valence-corrected chi connectivity index (χ4v) is 3.36. The second-order valence-corrected chi connectivity index (χ2v) is 6.97. The Bertz CT molecular complexity index is 1230. The summed E-state index contributed by atoms with van der Waals surface area (Å²) in [5, 5.41) is 3.74. The van der Waals surface area contributed by atoms with Gasteiger partial charge in [0.25, 0.3) is 5.91 Å². The number of rotatable bonds is 6. The summed E-state index contributed by atoms with van der Waals surface area (Å²) in [5.74, 6) is 0.191. The van der Waals surface area contributed by atoms with Crippen molar-refractivity contribution in [1.29, 1.82) is 0 Å². The fraction of sp³-hybridized carbons (Fsp3) is 0.190. The molecule has 29 heavy (non-hydrogen) atoms. The maximum absolute atomic E-state index is 12.2. The number of hydrogen-bond acceptors (Lipinski definition) is 5. The van der Waals surface area contributed by atoms with Gasteiger partial charge >= 0.3 is 5.63 Å². The number of fused-ring (bicyclic) bond motifs is 2. The molecule has 7 nitrogen and oxygen atoms in total. The zero-order valence-electron chi connectivity index (χ0n) is 15.6. The second-order valence-electron chi connectivity index (χ2n) is 6.56. The van der Waals surface area contributed by atoms with Crippen LogP contribution in [0.4, 0.5) is 5.95 Å². The van der Waals surface area contributed by atoms with Gasteiger partial charge in [-0.3, -0.25) is 10.1 Å². The van der Waals surface area contributed by atoms with Gasteiger partial charge in [-0.15, -0.1) is 0 Å². The van der Waals surface area contributed by atoms with Gasteiger partial charge in [0.15, 0.2) is 6.61 Å². The molecule has 0 spiro atoms. The van der Waals surface area contributed by atoms with E-state index in [2.05, 4.69) is 15.3 Å². The van der Waals surface area contributed by atoms with Crippen LogP contribution in [0.25, 0.3) is 22.0 Å². The number of nitrogens with zero attached hydrogens (tertiary/aromatic N) is 1. The molecule has 2 aromatic heterocycles. The Labute approximate surface area is 170 Å². The molecule has 1 amide bonds. The SMILES string of the molecule is CCCc1cc(=O)oc2cc(OCC(=O)Nc3nc4ccccc4[nH]3)c(Cl)cc12. The minimum Gasteiger partial charge on any atom is -0.482 e. The third kappa shape index (κ3) is 4.09. The van der Waals surface area contributed by atoms with Crippen LogP contribution in [0.1, 0.15) is 18.9 Å². The molecule has 0 bridgehead atoms. The van der Waals surface area contributed by atoms with E-state index in [4.69, 9.17) is 20.8 Å². The number of H-pyrrole nitrogens is 1. The Morgan fingerprint density at radius 2 is 2.10 bits per heavy atom. The van der Waals surface area contributed by atoms with Crippen molar-refractivity contribution < 1.29 is 13.9 Å². The van der Waals surface area contributed by atoms with Crippen molar-refractivity contribution >= 4 is 45.5 Å². The Morgan fingerprint density at radius 1 is 1.28 bits per heavy atom. The zero-order valence-corrected chi connectivity index (χ0v) is 16.4. The number of anilines is 1. The van der Waals surface area contributed by atoms with Crippen molar-refractivity contribution in [2.24, 2.45) is 0 Å². The Morgan fingerprint density at radius 3 is 2.90 bits per heavy atom. The lowest BCUT2D eigenvalue weighted by Gasteiger charge is -2.10. The van der Waals surface area contributed by atoms with Crippen LogP contribution in [0, 0.1) is 0 Å². The van der Waals surface area contributed by atoms with E-state index in [0.29, 0.717) is 16.6 Å². The van der Waals surface area contributed by atoms with Crippen molar-refractivity contribution in [1.82, 2.24) is 9.97 Å². The van der Waals surface area contributed by atoms with Crippen LogP contribution in [-0.2, 0) is 11.2 Å². The number of imidazole rings is 1. The van der Waals surface area contributed by atoms with Gasteiger partial charge in [-0.1, -0.05) is 37.1 Å². The summed E-state index contributed by atoms with van der Waals surface area (Å²) in [6.07, 6.45) is 1.62. The minimum atomic E-state index is -0.433. The first-order valence-corrected chi connectivity index (χ1v) is 9.55. The third-order valence-electron chi connectivity index (χ3n) is 4.41. The number of aromatic amines is 1. The van der Waals surface area contributed by atoms with Gasteiger partial charge in [0.1, 0.15) is 11.3 Å². The van der Waals surface area contributed by atoms with Gasteiger partial charge in [-0.05, 0) is 30.2 Å². The quantitative estimate of drug-likeness (QED) is 0.461. The van der Waals surface area contributed by atoms with Gasteiger partial charge < -0.3 is 14.1 Å². The molecule has 4 rings (SSSR count). The van der Waals surface area contributed by atoms with Crippen molar-refractivity contribution in [2.75, 3.05) is 11.9 Å². The molecule has 0 atom stereocenters. The number of carbonyl (C=O) groups is 1. The van der Waals surface area contributed by atoms with Crippen molar-refractivity contribution in [3.63, 3.8) is 0 Å². The van der Waals surface area contributed by atoms with E-state index in [1.54, 1.807) is 6.07 Å². The molecule has 0 saturated heterocycles. The molecule has 0 radical (unpaired) electrons. The van der Waals surface area contributed by atoms with E-state index in [1.165, 1.54) is 12.1 Å². The van der Waals surface area contributed by atoms with E-state index in [1.807, 2.05) is 31.2 Å². The van der Waals surface area contributed by atoms with E-state index in [9.17, 15) is 9.59 Å². The number of para-hydroxylation sites is 2. The van der Waals surface area contributed by atoms with Crippen LogP contribution < -0.4 is 15.7 Å². The van der Waals surface area contributed by atoms with Crippen LogP contribution in [0.15, 0.2) is 51.7 Å². The van der Waals surface area contributed by atoms with Crippen molar-refractivity contribution in [3.8, 4) is 5.75 Å². The van der Waals surface area contributed by atoms with Gasteiger partial charge in [0.05, 0.1) is 16.1 Å².